The third kappa shape index (κ3) is 3.56. The summed E-state index contributed by atoms with van der Waals surface area (Å²) in [5, 5.41) is 0.304. The number of hydrogen-bond acceptors (Lipinski definition) is 4. The largest absolute Gasteiger partial charge is 0.353 e. The fourth-order valence-corrected chi connectivity index (χ4v) is 2.79. The van der Waals surface area contributed by atoms with Crippen LogP contribution < -0.4 is 4.90 Å². The van der Waals surface area contributed by atoms with Gasteiger partial charge in [-0.3, -0.25) is 4.90 Å². The first-order valence-corrected chi connectivity index (χ1v) is 7.38. The van der Waals surface area contributed by atoms with E-state index in [-0.39, 0.29) is 0 Å². The highest BCUT2D eigenvalue weighted by Gasteiger charge is 2.20. The van der Waals surface area contributed by atoms with Crippen LogP contribution in [0.5, 0.6) is 0 Å². The third-order valence-electron chi connectivity index (χ3n) is 2.99. The molecule has 0 atom stereocenters. The summed E-state index contributed by atoms with van der Waals surface area (Å²) < 4.78 is 0.907. The van der Waals surface area contributed by atoms with Crippen LogP contribution in [0.4, 0.5) is 5.82 Å². The highest BCUT2D eigenvalue weighted by Crippen LogP contribution is 2.25. The minimum absolute atomic E-state index is 0.304. The first-order chi connectivity index (χ1) is 8.56. The average molecular weight is 334 g/mol. The highest BCUT2D eigenvalue weighted by atomic mass is 79.9. The molecule has 1 aromatic heterocycles. The molecule has 6 heteroatoms. The van der Waals surface area contributed by atoms with Gasteiger partial charge < -0.3 is 4.90 Å². The van der Waals surface area contributed by atoms with E-state index < -0.39 is 0 Å². The zero-order chi connectivity index (χ0) is 13.1. The SMILES string of the molecule is CC(C)CN1CCN(c2nc(Cl)ncc2Br)CC1. The molecule has 4 nitrogen and oxygen atoms in total. The van der Waals surface area contributed by atoms with E-state index >= 15 is 0 Å². The lowest BCUT2D eigenvalue weighted by molar-refractivity contribution is 0.231. The standard InChI is InChI=1S/C12H18BrClN4/c1-9(2)8-17-3-5-18(6-4-17)11-10(13)7-15-12(14)16-11/h7,9H,3-6,8H2,1-2H3. The Morgan fingerprint density at radius 3 is 2.61 bits per heavy atom. The smallest absolute Gasteiger partial charge is 0.224 e. The molecule has 0 aliphatic carbocycles. The Bertz CT molecular complexity index is 405. The lowest BCUT2D eigenvalue weighted by atomic mass is 10.2. The molecule has 0 N–H and O–H groups in total. The summed E-state index contributed by atoms with van der Waals surface area (Å²) >= 11 is 9.34. The number of rotatable bonds is 3. The first-order valence-electron chi connectivity index (χ1n) is 6.21. The minimum Gasteiger partial charge on any atom is -0.353 e. The molecule has 1 aliphatic heterocycles. The maximum Gasteiger partial charge on any atom is 0.224 e. The Labute approximate surface area is 121 Å². The Morgan fingerprint density at radius 1 is 1.33 bits per heavy atom. The molecule has 0 spiro atoms. The van der Waals surface area contributed by atoms with E-state index in [2.05, 4.69) is 49.5 Å². The van der Waals surface area contributed by atoms with Crippen LogP contribution in [0.2, 0.25) is 5.28 Å². The van der Waals surface area contributed by atoms with Crippen LogP contribution >= 0.6 is 27.5 Å². The minimum atomic E-state index is 0.304. The van der Waals surface area contributed by atoms with Crippen molar-refractivity contribution >= 4 is 33.3 Å². The summed E-state index contributed by atoms with van der Waals surface area (Å²) in [6, 6.07) is 0. The van der Waals surface area contributed by atoms with Crippen LogP contribution in [0.1, 0.15) is 13.8 Å². The first kappa shape index (κ1) is 14.0. The predicted molar refractivity (Wildman–Crippen MR) is 78.2 cm³/mol. The van der Waals surface area contributed by atoms with Crippen LogP contribution in [-0.4, -0.2) is 47.6 Å². The van der Waals surface area contributed by atoms with E-state index in [0.717, 1.165) is 42.4 Å². The van der Waals surface area contributed by atoms with Crippen LogP contribution in [0.3, 0.4) is 0 Å². The second-order valence-electron chi connectivity index (χ2n) is 4.99. The highest BCUT2D eigenvalue weighted by molar-refractivity contribution is 9.10. The molecule has 2 heterocycles. The fourth-order valence-electron chi connectivity index (χ4n) is 2.22. The zero-order valence-electron chi connectivity index (χ0n) is 10.7. The van der Waals surface area contributed by atoms with Gasteiger partial charge in [0.05, 0.1) is 4.47 Å². The Kier molecular flexibility index (Phi) is 4.81. The van der Waals surface area contributed by atoms with E-state index in [0.29, 0.717) is 5.28 Å². The summed E-state index contributed by atoms with van der Waals surface area (Å²) in [6.07, 6.45) is 1.71. The van der Waals surface area contributed by atoms with Crippen molar-refractivity contribution in [2.24, 2.45) is 5.92 Å². The van der Waals surface area contributed by atoms with Gasteiger partial charge in [-0.2, -0.15) is 4.98 Å². The molecule has 0 radical (unpaired) electrons. The van der Waals surface area contributed by atoms with Crippen molar-refractivity contribution in [1.29, 1.82) is 0 Å². The Morgan fingerprint density at radius 2 is 2.00 bits per heavy atom. The molecule has 100 valence electrons. The van der Waals surface area contributed by atoms with Crippen molar-refractivity contribution in [3.8, 4) is 0 Å². The molecule has 0 saturated carbocycles. The zero-order valence-corrected chi connectivity index (χ0v) is 13.1. The average Bonchev–Trinajstić information content (AvgIpc) is 2.33. The maximum absolute atomic E-state index is 5.85. The van der Waals surface area contributed by atoms with Crippen LogP contribution in [0.15, 0.2) is 10.7 Å². The van der Waals surface area contributed by atoms with E-state index in [1.165, 1.54) is 6.54 Å². The molecule has 0 unspecified atom stereocenters. The van der Waals surface area contributed by atoms with Crippen molar-refractivity contribution in [2.75, 3.05) is 37.6 Å². The van der Waals surface area contributed by atoms with Gasteiger partial charge >= 0.3 is 0 Å². The number of piperazine rings is 1. The maximum atomic E-state index is 5.85. The monoisotopic (exact) mass is 332 g/mol. The third-order valence-corrected chi connectivity index (χ3v) is 3.73. The molecule has 1 fully saturated rings. The topological polar surface area (TPSA) is 32.3 Å². The normalized spacial score (nSPS) is 17.5. The lowest BCUT2D eigenvalue weighted by Crippen LogP contribution is -2.47. The molecule has 0 bridgehead atoms. The van der Waals surface area contributed by atoms with Gasteiger partial charge in [0.2, 0.25) is 5.28 Å². The Balaban J connectivity index is 1.99. The molecule has 1 aromatic rings. The summed E-state index contributed by atoms with van der Waals surface area (Å²) in [5.41, 5.74) is 0. The van der Waals surface area contributed by atoms with Gasteiger partial charge in [-0.25, -0.2) is 4.98 Å². The van der Waals surface area contributed by atoms with E-state index in [4.69, 9.17) is 11.6 Å². The quantitative estimate of drug-likeness (QED) is 0.796. The molecule has 1 saturated heterocycles. The molecule has 18 heavy (non-hydrogen) atoms. The van der Waals surface area contributed by atoms with E-state index in [1.54, 1.807) is 6.20 Å². The number of aromatic nitrogens is 2. The second-order valence-corrected chi connectivity index (χ2v) is 6.18. The molecule has 0 aromatic carbocycles. The fraction of sp³-hybridized carbons (Fsp3) is 0.667. The number of hydrogen-bond donors (Lipinski definition) is 0. The molecule has 2 rings (SSSR count). The van der Waals surface area contributed by atoms with Crippen molar-refractivity contribution < 1.29 is 0 Å². The van der Waals surface area contributed by atoms with Gasteiger partial charge in [-0.1, -0.05) is 13.8 Å². The van der Waals surface area contributed by atoms with Crippen LogP contribution in [0, 0.1) is 5.92 Å². The van der Waals surface area contributed by atoms with Gasteiger partial charge in [0.15, 0.2) is 0 Å². The molecular weight excluding hydrogens is 316 g/mol. The molecule has 0 amide bonds. The van der Waals surface area contributed by atoms with Crippen LogP contribution in [-0.2, 0) is 0 Å². The van der Waals surface area contributed by atoms with Gasteiger partial charge in [0.25, 0.3) is 0 Å². The second kappa shape index (κ2) is 6.17. The van der Waals surface area contributed by atoms with Gasteiger partial charge in [-0.05, 0) is 33.4 Å². The van der Waals surface area contributed by atoms with Gasteiger partial charge in [0, 0.05) is 38.9 Å². The number of anilines is 1. The summed E-state index contributed by atoms with van der Waals surface area (Å²) in [5.74, 6) is 1.62. The van der Waals surface area contributed by atoms with Gasteiger partial charge in [0.1, 0.15) is 5.82 Å². The predicted octanol–water partition coefficient (Wildman–Crippen LogP) is 2.67. The van der Waals surface area contributed by atoms with Crippen molar-refractivity contribution in [3.05, 3.63) is 16.0 Å². The summed E-state index contributed by atoms with van der Waals surface area (Å²) in [7, 11) is 0. The summed E-state index contributed by atoms with van der Waals surface area (Å²) in [6.45, 7) is 9.80. The van der Waals surface area contributed by atoms with Gasteiger partial charge in [-0.15, -0.1) is 0 Å². The van der Waals surface area contributed by atoms with E-state index in [9.17, 15) is 0 Å². The number of nitrogens with zero attached hydrogens (tertiary/aromatic N) is 4. The molecule has 1 aliphatic rings. The van der Waals surface area contributed by atoms with Crippen LogP contribution in [0.25, 0.3) is 0 Å². The lowest BCUT2D eigenvalue weighted by Gasteiger charge is -2.36. The number of halogens is 2. The molecular formula is C12H18BrClN4. The Hall–Kier alpha value is -0.390. The summed E-state index contributed by atoms with van der Waals surface area (Å²) in [4.78, 5) is 13.0. The van der Waals surface area contributed by atoms with Crippen molar-refractivity contribution in [3.63, 3.8) is 0 Å². The van der Waals surface area contributed by atoms with Crippen molar-refractivity contribution in [2.45, 2.75) is 13.8 Å². The van der Waals surface area contributed by atoms with E-state index in [1.807, 2.05) is 0 Å². The van der Waals surface area contributed by atoms with Crippen molar-refractivity contribution in [1.82, 2.24) is 14.9 Å².